The van der Waals surface area contributed by atoms with Crippen LogP contribution in [0.15, 0.2) is 12.1 Å². The Morgan fingerprint density at radius 3 is 2.40 bits per heavy atom. The molecule has 1 fully saturated rings. The van der Waals surface area contributed by atoms with E-state index in [1.165, 1.54) is 12.0 Å². The van der Waals surface area contributed by atoms with Gasteiger partial charge in [-0.05, 0) is 35.4 Å². The molecule has 1 aromatic rings. The van der Waals surface area contributed by atoms with Crippen LogP contribution in [-0.2, 0) is 22.5 Å². The van der Waals surface area contributed by atoms with E-state index in [1.807, 2.05) is 6.07 Å². The number of esters is 1. The molecule has 0 bridgehead atoms. The Labute approximate surface area is 125 Å². The van der Waals surface area contributed by atoms with Gasteiger partial charge < -0.3 is 10.1 Å². The summed E-state index contributed by atoms with van der Waals surface area (Å²) in [5, 5.41) is 3.55. The zero-order valence-corrected chi connectivity index (χ0v) is 13.9. The molecule has 0 radical (unpaired) electrons. The lowest BCUT2D eigenvalue weighted by Crippen LogP contribution is -2.18. The van der Waals surface area contributed by atoms with Crippen LogP contribution in [-0.4, -0.2) is 19.6 Å². The molecule has 0 atom stereocenters. The fourth-order valence-electron chi connectivity index (χ4n) is 3.01. The molecule has 3 nitrogen and oxygen atoms in total. The molecule has 20 heavy (non-hydrogen) atoms. The zero-order chi connectivity index (χ0) is 15.0. The summed E-state index contributed by atoms with van der Waals surface area (Å²) in [6.07, 6.45) is 0.379. The van der Waals surface area contributed by atoms with E-state index in [4.69, 9.17) is 0 Å². The number of thiophene rings is 1. The first-order valence-electron chi connectivity index (χ1n) is 7.14. The molecule has 0 unspecified atom stereocenters. The molecule has 112 valence electrons. The highest BCUT2D eigenvalue weighted by atomic mass is 32.1. The second-order valence-corrected chi connectivity index (χ2v) is 8.00. The van der Waals surface area contributed by atoms with E-state index in [1.54, 1.807) is 11.3 Å². The minimum Gasteiger partial charge on any atom is -0.469 e. The van der Waals surface area contributed by atoms with Crippen LogP contribution in [0.2, 0.25) is 0 Å². The predicted octanol–water partition coefficient (Wildman–Crippen LogP) is 3.24. The molecule has 0 saturated heterocycles. The summed E-state index contributed by atoms with van der Waals surface area (Å²) in [7, 11) is 1.43. The summed E-state index contributed by atoms with van der Waals surface area (Å²) in [4.78, 5) is 13.6. The molecule has 0 aromatic carbocycles. The van der Waals surface area contributed by atoms with Crippen molar-refractivity contribution in [3.8, 4) is 0 Å². The van der Waals surface area contributed by atoms with Crippen LogP contribution in [0.1, 0.15) is 37.4 Å². The topological polar surface area (TPSA) is 38.3 Å². The smallest absolute Gasteiger partial charge is 0.310 e. The van der Waals surface area contributed by atoms with Crippen molar-refractivity contribution >= 4 is 17.3 Å². The second-order valence-electron chi connectivity index (χ2n) is 6.75. The first kappa shape index (κ1) is 15.5. The van der Waals surface area contributed by atoms with Crippen molar-refractivity contribution in [1.29, 1.82) is 0 Å². The Hall–Kier alpha value is -0.870. The Kier molecular flexibility index (Phi) is 4.26. The van der Waals surface area contributed by atoms with Gasteiger partial charge in [0.05, 0.1) is 13.5 Å². The summed E-state index contributed by atoms with van der Waals surface area (Å²) < 4.78 is 4.68. The Bertz CT molecular complexity index is 476. The predicted molar refractivity (Wildman–Crippen MR) is 82.8 cm³/mol. The van der Waals surface area contributed by atoms with Gasteiger partial charge in [0, 0.05) is 16.3 Å². The van der Waals surface area contributed by atoms with E-state index in [9.17, 15) is 4.79 Å². The number of nitrogens with one attached hydrogen (secondary N) is 1. The number of ether oxygens (including phenoxy) is 1. The molecule has 1 heterocycles. The molecule has 1 N–H and O–H groups in total. The number of carbonyl (C=O) groups excluding carboxylic acids is 1. The molecule has 4 heteroatoms. The van der Waals surface area contributed by atoms with E-state index < -0.39 is 0 Å². The standard InChI is InChI=1S/C16H25NO2S/c1-15(2)13(16(15,3)4)10-17-9-12-7-6-11(20-12)8-14(18)19-5/h6-7,13,17H,8-10H2,1-5H3. The van der Waals surface area contributed by atoms with Gasteiger partial charge in [0.2, 0.25) is 0 Å². The van der Waals surface area contributed by atoms with Gasteiger partial charge in [0.15, 0.2) is 0 Å². The maximum atomic E-state index is 11.2. The largest absolute Gasteiger partial charge is 0.469 e. The molecule has 2 rings (SSSR count). The first-order valence-corrected chi connectivity index (χ1v) is 7.96. The fraction of sp³-hybridized carbons (Fsp3) is 0.688. The van der Waals surface area contributed by atoms with Crippen LogP contribution >= 0.6 is 11.3 Å². The maximum absolute atomic E-state index is 11.2. The second kappa shape index (κ2) is 5.49. The fourth-order valence-corrected chi connectivity index (χ4v) is 3.98. The van der Waals surface area contributed by atoms with Gasteiger partial charge in [-0.15, -0.1) is 11.3 Å². The Morgan fingerprint density at radius 2 is 1.85 bits per heavy atom. The lowest BCUT2D eigenvalue weighted by molar-refractivity contribution is -0.139. The number of rotatable bonds is 6. The van der Waals surface area contributed by atoms with E-state index >= 15 is 0 Å². The first-order chi connectivity index (χ1) is 9.29. The lowest BCUT2D eigenvalue weighted by Gasteiger charge is -2.04. The van der Waals surface area contributed by atoms with Crippen LogP contribution in [0.5, 0.6) is 0 Å². The molecule has 0 aliphatic heterocycles. The minimum atomic E-state index is -0.173. The van der Waals surface area contributed by atoms with Crippen molar-refractivity contribution in [1.82, 2.24) is 5.32 Å². The summed E-state index contributed by atoms with van der Waals surface area (Å²) in [6, 6.07) is 4.11. The maximum Gasteiger partial charge on any atom is 0.310 e. The number of carbonyl (C=O) groups is 1. The van der Waals surface area contributed by atoms with Gasteiger partial charge >= 0.3 is 5.97 Å². The molecule has 0 spiro atoms. The van der Waals surface area contributed by atoms with Crippen molar-refractivity contribution in [3.05, 3.63) is 21.9 Å². The van der Waals surface area contributed by atoms with Crippen molar-refractivity contribution in [2.24, 2.45) is 16.7 Å². The summed E-state index contributed by atoms with van der Waals surface area (Å²) in [5.74, 6) is 0.567. The Morgan fingerprint density at radius 1 is 1.25 bits per heavy atom. The molecular weight excluding hydrogens is 270 g/mol. The molecule has 1 aromatic heterocycles. The quantitative estimate of drug-likeness (QED) is 0.819. The van der Waals surface area contributed by atoms with Crippen LogP contribution < -0.4 is 5.32 Å². The van der Waals surface area contributed by atoms with Crippen molar-refractivity contribution in [2.45, 2.75) is 40.7 Å². The van der Waals surface area contributed by atoms with Gasteiger partial charge in [-0.25, -0.2) is 0 Å². The number of methoxy groups -OCH3 is 1. The van der Waals surface area contributed by atoms with Crippen molar-refractivity contribution in [3.63, 3.8) is 0 Å². The average molecular weight is 295 g/mol. The molecule has 1 saturated carbocycles. The number of hydrogen-bond acceptors (Lipinski definition) is 4. The van der Waals surface area contributed by atoms with Gasteiger partial charge in [-0.1, -0.05) is 27.7 Å². The third-order valence-electron chi connectivity index (χ3n) is 5.23. The average Bonchev–Trinajstić information content (AvgIpc) is 2.73. The minimum absolute atomic E-state index is 0.173. The summed E-state index contributed by atoms with van der Waals surface area (Å²) in [6.45, 7) is 11.3. The van der Waals surface area contributed by atoms with Gasteiger partial charge in [0.1, 0.15) is 0 Å². The van der Waals surface area contributed by atoms with Crippen LogP contribution in [0.4, 0.5) is 0 Å². The molecular formula is C16H25NO2S. The molecule has 1 aliphatic rings. The Balaban J connectivity index is 1.77. The van der Waals surface area contributed by atoms with Crippen molar-refractivity contribution in [2.75, 3.05) is 13.7 Å². The third-order valence-corrected chi connectivity index (χ3v) is 6.32. The van der Waals surface area contributed by atoms with Gasteiger partial charge in [-0.3, -0.25) is 4.79 Å². The highest BCUT2D eigenvalue weighted by Crippen LogP contribution is 2.67. The van der Waals surface area contributed by atoms with E-state index in [0.717, 1.165) is 23.9 Å². The van der Waals surface area contributed by atoms with Gasteiger partial charge in [0.25, 0.3) is 0 Å². The van der Waals surface area contributed by atoms with E-state index in [2.05, 4.69) is 43.8 Å². The van der Waals surface area contributed by atoms with E-state index in [-0.39, 0.29) is 5.97 Å². The van der Waals surface area contributed by atoms with Crippen LogP contribution in [0, 0.1) is 16.7 Å². The van der Waals surface area contributed by atoms with Crippen LogP contribution in [0.25, 0.3) is 0 Å². The molecule has 1 aliphatic carbocycles. The highest BCUT2D eigenvalue weighted by Gasteiger charge is 2.63. The highest BCUT2D eigenvalue weighted by molar-refractivity contribution is 7.12. The normalized spacial score (nSPS) is 19.9. The molecule has 0 amide bonds. The summed E-state index contributed by atoms with van der Waals surface area (Å²) in [5.41, 5.74) is 0.872. The van der Waals surface area contributed by atoms with Gasteiger partial charge in [-0.2, -0.15) is 0 Å². The summed E-state index contributed by atoms with van der Waals surface area (Å²) >= 11 is 1.69. The van der Waals surface area contributed by atoms with Crippen molar-refractivity contribution < 1.29 is 9.53 Å². The zero-order valence-electron chi connectivity index (χ0n) is 13.1. The van der Waals surface area contributed by atoms with Crippen LogP contribution in [0.3, 0.4) is 0 Å². The third kappa shape index (κ3) is 2.91. The number of hydrogen-bond donors (Lipinski definition) is 1. The monoisotopic (exact) mass is 295 g/mol. The van der Waals surface area contributed by atoms with E-state index in [0.29, 0.717) is 17.3 Å². The lowest BCUT2D eigenvalue weighted by atomic mass is 10.0. The SMILES string of the molecule is COC(=O)Cc1ccc(CNCC2C(C)(C)C2(C)C)s1.